The maximum Gasteiger partial charge on any atom is 0.0629 e. The number of nitrogens with zero attached hydrogens (tertiary/aromatic N) is 1. The number of hydrogen-bond acceptors (Lipinski definition) is 3. The molecule has 2 N–H and O–H groups in total. The van der Waals surface area contributed by atoms with Crippen molar-refractivity contribution in [3.63, 3.8) is 0 Å². The Hall–Kier alpha value is 0.350. The molecule has 102 valence electrons. The molecule has 1 aliphatic rings. The molecule has 1 heterocycles. The van der Waals surface area contributed by atoms with Gasteiger partial charge in [-0.15, -0.1) is 12.4 Å². The van der Waals surface area contributed by atoms with Crippen LogP contribution >= 0.6 is 44.3 Å². The van der Waals surface area contributed by atoms with Crippen molar-refractivity contribution in [3.8, 4) is 0 Å². The summed E-state index contributed by atoms with van der Waals surface area (Å²) in [5, 5.41) is 13.0. The third kappa shape index (κ3) is 3.92. The van der Waals surface area contributed by atoms with Crippen LogP contribution in [0.15, 0.2) is 27.1 Å². The summed E-state index contributed by atoms with van der Waals surface area (Å²) in [5.74, 6) is 0. The monoisotopic (exact) mass is 398 g/mol. The molecule has 2 rings (SSSR count). The quantitative estimate of drug-likeness (QED) is 0.819. The summed E-state index contributed by atoms with van der Waals surface area (Å²) >= 11 is 7.05. The van der Waals surface area contributed by atoms with Gasteiger partial charge in [0, 0.05) is 35.1 Å². The number of halogens is 3. The van der Waals surface area contributed by atoms with Crippen LogP contribution in [-0.4, -0.2) is 42.8 Å². The van der Waals surface area contributed by atoms with Crippen LogP contribution in [0.5, 0.6) is 0 Å². The number of piperazine rings is 1. The predicted molar refractivity (Wildman–Crippen MR) is 83.4 cm³/mol. The van der Waals surface area contributed by atoms with E-state index in [-0.39, 0.29) is 25.1 Å². The second kappa shape index (κ2) is 7.82. The Kier molecular flexibility index (Phi) is 7.13. The van der Waals surface area contributed by atoms with Crippen molar-refractivity contribution in [2.24, 2.45) is 0 Å². The minimum Gasteiger partial charge on any atom is -0.394 e. The van der Waals surface area contributed by atoms with Crippen molar-refractivity contribution in [2.45, 2.75) is 6.04 Å². The first-order valence-electron chi connectivity index (χ1n) is 5.73. The number of aliphatic hydroxyl groups is 1. The fourth-order valence-corrected chi connectivity index (χ4v) is 3.06. The molecular weight excluding hydrogens is 383 g/mol. The lowest BCUT2D eigenvalue weighted by Gasteiger charge is -2.34. The lowest BCUT2D eigenvalue weighted by atomic mass is 10.1. The molecular formula is C12H17Br2ClN2O. The summed E-state index contributed by atoms with van der Waals surface area (Å²) in [4.78, 5) is 2.32. The van der Waals surface area contributed by atoms with Gasteiger partial charge in [-0.05, 0) is 23.8 Å². The molecule has 1 fully saturated rings. The lowest BCUT2D eigenvalue weighted by molar-refractivity contribution is 0.110. The van der Waals surface area contributed by atoms with Crippen LogP contribution in [0, 0.1) is 0 Å². The first kappa shape index (κ1) is 16.4. The summed E-state index contributed by atoms with van der Waals surface area (Å²) in [7, 11) is 0. The molecule has 1 aromatic rings. The van der Waals surface area contributed by atoms with Gasteiger partial charge < -0.3 is 10.4 Å². The van der Waals surface area contributed by atoms with E-state index in [9.17, 15) is 5.11 Å². The lowest BCUT2D eigenvalue weighted by Crippen LogP contribution is -2.46. The summed E-state index contributed by atoms with van der Waals surface area (Å²) in [5.41, 5.74) is 1.14. The Bertz CT molecular complexity index is 386. The first-order chi connectivity index (χ1) is 8.22. The molecule has 1 atom stereocenters. The van der Waals surface area contributed by atoms with Gasteiger partial charge in [0.2, 0.25) is 0 Å². The Balaban J connectivity index is 0.00000162. The molecule has 0 spiro atoms. The highest BCUT2D eigenvalue weighted by molar-refractivity contribution is 9.11. The maximum atomic E-state index is 9.65. The van der Waals surface area contributed by atoms with Gasteiger partial charge in [-0.25, -0.2) is 0 Å². The van der Waals surface area contributed by atoms with Crippen molar-refractivity contribution < 1.29 is 5.11 Å². The van der Waals surface area contributed by atoms with Gasteiger partial charge in [-0.3, -0.25) is 4.90 Å². The first-order valence-corrected chi connectivity index (χ1v) is 7.31. The van der Waals surface area contributed by atoms with Crippen molar-refractivity contribution in [1.29, 1.82) is 0 Å². The molecule has 0 unspecified atom stereocenters. The van der Waals surface area contributed by atoms with E-state index in [1.807, 2.05) is 12.1 Å². The van der Waals surface area contributed by atoms with Crippen LogP contribution in [0.1, 0.15) is 11.6 Å². The fourth-order valence-electron chi connectivity index (χ4n) is 2.17. The standard InChI is InChI=1S/C12H16Br2N2O.ClH/c13-9-1-2-11(14)10(7-9)12(8-17)16-5-3-15-4-6-16;/h1-2,7,12,15,17H,3-6,8H2;1H/t12-;/m1./s1. The molecule has 1 aromatic carbocycles. The zero-order valence-corrected chi connectivity index (χ0v) is 13.9. The Morgan fingerprint density at radius 1 is 1.28 bits per heavy atom. The fraction of sp³-hybridized carbons (Fsp3) is 0.500. The molecule has 0 amide bonds. The molecule has 3 nitrogen and oxygen atoms in total. The zero-order chi connectivity index (χ0) is 12.3. The van der Waals surface area contributed by atoms with E-state index >= 15 is 0 Å². The molecule has 0 aromatic heterocycles. The second-order valence-corrected chi connectivity index (χ2v) is 5.92. The molecule has 6 heteroatoms. The van der Waals surface area contributed by atoms with Crippen LogP contribution in [-0.2, 0) is 0 Å². The van der Waals surface area contributed by atoms with Crippen LogP contribution in [0.25, 0.3) is 0 Å². The highest BCUT2D eigenvalue weighted by Crippen LogP contribution is 2.30. The summed E-state index contributed by atoms with van der Waals surface area (Å²) in [6, 6.07) is 6.17. The maximum absolute atomic E-state index is 9.65. The Labute approximate surface area is 131 Å². The molecule has 0 aliphatic carbocycles. The number of hydrogen-bond donors (Lipinski definition) is 2. The molecule has 1 saturated heterocycles. The normalized spacial score (nSPS) is 18.2. The van der Waals surface area contributed by atoms with Gasteiger partial charge in [-0.1, -0.05) is 31.9 Å². The van der Waals surface area contributed by atoms with E-state index < -0.39 is 0 Å². The Morgan fingerprint density at radius 3 is 2.56 bits per heavy atom. The average Bonchev–Trinajstić information content (AvgIpc) is 2.36. The average molecular weight is 401 g/mol. The smallest absolute Gasteiger partial charge is 0.0629 e. The van der Waals surface area contributed by atoms with Gasteiger partial charge in [0.15, 0.2) is 0 Å². The van der Waals surface area contributed by atoms with Crippen molar-refractivity contribution >= 4 is 44.3 Å². The minimum absolute atomic E-state index is 0. The van der Waals surface area contributed by atoms with Crippen LogP contribution in [0.4, 0.5) is 0 Å². The molecule has 18 heavy (non-hydrogen) atoms. The van der Waals surface area contributed by atoms with E-state index in [1.165, 1.54) is 0 Å². The summed E-state index contributed by atoms with van der Waals surface area (Å²) < 4.78 is 2.10. The number of aliphatic hydroxyl groups excluding tert-OH is 1. The largest absolute Gasteiger partial charge is 0.394 e. The summed E-state index contributed by atoms with van der Waals surface area (Å²) in [6.07, 6.45) is 0. The van der Waals surface area contributed by atoms with Crippen molar-refractivity contribution in [3.05, 3.63) is 32.7 Å². The number of nitrogens with one attached hydrogen (secondary N) is 1. The van der Waals surface area contributed by atoms with Crippen LogP contribution in [0.2, 0.25) is 0 Å². The van der Waals surface area contributed by atoms with Crippen molar-refractivity contribution in [1.82, 2.24) is 10.2 Å². The van der Waals surface area contributed by atoms with Gasteiger partial charge in [-0.2, -0.15) is 0 Å². The van der Waals surface area contributed by atoms with Crippen LogP contribution in [0.3, 0.4) is 0 Å². The van der Waals surface area contributed by atoms with Gasteiger partial charge >= 0.3 is 0 Å². The van der Waals surface area contributed by atoms with Crippen LogP contribution < -0.4 is 5.32 Å². The van der Waals surface area contributed by atoms with E-state index in [0.29, 0.717) is 0 Å². The van der Waals surface area contributed by atoms with Crippen molar-refractivity contribution in [2.75, 3.05) is 32.8 Å². The van der Waals surface area contributed by atoms with E-state index in [0.717, 1.165) is 40.7 Å². The third-order valence-electron chi connectivity index (χ3n) is 3.08. The highest BCUT2D eigenvalue weighted by Gasteiger charge is 2.23. The number of rotatable bonds is 3. The molecule has 1 aliphatic heterocycles. The molecule has 0 radical (unpaired) electrons. The highest BCUT2D eigenvalue weighted by atomic mass is 79.9. The van der Waals surface area contributed by atoms with Gasteiger partial charge in [0.05, 0.1) is 12.6 Å². The topological polar surface area (TPSA) is 35.5 Å². The summed E-state index contributed by atoms with van der Waals surface area (Å²) in [6.45, 7) is 4.08. The van der Waals surface area contributed by atoms with E-state index in [1.54, 1.807) is 0 Å². The van der Waals surface area contributed by atoms with E-state index in [2.05, 4.69) is 48.1 Å². The third-order valence-corrected chi connectivity index (χ3v) is 4.30. The predicted octanol–water partition coefficient (Wildman–Crippen LogP) is 2.57. The van der Waals surface area contributed by atoms with Gasteiger partial charge in [0.1, 0.15) is 0 Å². The zero-order valence-electron chi connectivity index (χ0n) is 9.90. The molecule has 0 bridgehead atoms. The second-order valence-electron chi connectivity index (χ2n) is 4.15. The Morgan fingerprint density at radius 2 is 1.94 bits per heavy atom. The minimum atomic E-state index is 0. The van der Waals surface area contributed by atoms with E-state index in [4.69, 9.17) is 0 Å². The SMILES string of the molecule is Cl.OC[C@H](c1cc(Br)ccc1Br)N1CCNCC1. The van der Waals surface area contributed by atoms with Gasteiger partial charge in [0.25, 0.3) is 0 Å². The number of benzene rings is 1. The molecule has 0 saturated carbocycles.